The summed E-state index contributed by atoms with van der Waals surface area (Å²) in [6.07, 6.45) is 0.987. The molecule has 1 heterocycles. The number of rotatable bonds is 4. The van der Waals surface area contributed by atoms with Gasteiger partial charge in [-0.2, -0.15) is 5.10 Å². The van der Waals surface area contributed by atoms with Gasteiger partial charge < -0.3 is 9.84 Å². The third-order valence-corrected chi connectivity index (χ3v) is 3.41. The number of methoxy groups -OCH3 is 1. The molecule has 0 saturated heterocycles. The van der Waals surface area contributed by atoms with Crippen LogP contribution in [0.1, 0.15) is 22.9 Å². The number of aliphatic hydroxyl groups is 1. The van der Waals surface area contributed by atoms with Crippen molar-refractivity contribution in [2.24, 2.45) is 7.05 Å². The van der Waals surface area contributed by atoms with Gasteiger partial charge in [-0.15, -0.1) is 0 Å². The van der Waals surface area contributed by atoms with Crippen molar-refractivity contribution in [1.82, 2.24) is 9.78 Å². The van der Waals surface area contributed by atoms with Crippen molar-refractivity contribution >= 4 is 15.9 Å². The van der Waals surface area contributed by atoms with Crippen LogP contribution in [0, 0.1) is 0 Å². The lowest BCUT2D eigenvalue weighted by atomic mass is 10.0. The van der Waals surface area contributed by atoms with Crippen LogP contribution in [-0.4, -0.2) is 22.0 Å². The van der Waals surface area contributed by atoms with Crippen molar-refractivity contribution in [3.05, 3.63) is 51.8 Å². The molecule has 18 heavy (non-hydrogen) atoms. The molecule has 4 nitrogen and oxygen atoms in total. The Morgan fingerprint density at radius 2 is 2.06 bits per heavy atom. The second kappa shape index (κ2) is 5.65. The molecule has 0 fully saturated rings. The van der Waals surface area contributed by atoms with Crippen molar-refractivity contribution in [1.29, 1.82) is 0 Å². The van der Waals surface area contributed by atoms with Crippen molar-refractivity contribution in [3.63, 3.8) is 0 Å². The fourth-order valence-corrected chi connectivity index (χ4v) is 2.41. The van der Waals surface area contributed by atoms with Gasteiger partial charge in [-0.1, -0.05) is 24.3 Å². The quantitative estimate of drug-likeness (QED) is 0.943. The lowest BCUT2D eigenvalue weighted by Crippen LogP contribution is -2.07. The lowest BCUT2D eigenvalue weighted by molar-refractivity contribution is 0.184. The van der Waals surface area contributed by atoms with Gasteiger partial charge in [-0.05, 0) is 27.1 Å². The fraction of sp³-hybridized carbons (Fsp3) is 0.308. The minimum Gasteiger partial charge on any atom is -0.382 e. The van der Waals surface area contributed by atoms with E-state index in [0.717, 1.165) is 21.3 Å². The molecule has 1 unspecified atom stereocenters. The Kier molecular flexibility index (Phi) is 4.16. The Balaban J connectivity index is 2.26. The highest BCUT2D eigenvalue weighted by Crippen LogP contribution is 2.28. The number of ether oxygens (including phenoxy) is 1. The van der Waals surface area contributed by atoms with E-state index in [9.17, 15) is 5.11 Å². The Bertz CT molecular complexity index is 503. The molecule has 0 radical (unpaired) electrons. The number of aryl methyl sites for hydroxylation is 1. The molecule has 0 spiro atoms. The minimum atomic E-state index is -0.691. The summed E-state index contributed by atoms with van der Waals surface area (Å²) in [5.41, 5.74) is 2.66. The normalized spacial score (nSPS) is 12.7. The van der Waals surface area contributed by atoms with Gasteiger partial charge in [-0.25, -0.2) is 0 Å². The van der Waals surface area contributed by atoms with Crippen LogP contribution in [0.25, 0.3) is 0 Å². The summed E-state index contributed by atoms with van der Waals surface area (Å²) >= 11 is 3.39. The predicted molar refractivity (Wildman–Crippen MR) is 72.1 cm³/mol. The number of halogens is 1. The summed E-state index contributed by atoms with van der Waals surface area (Å²) in [7, 11) is 3.47. The Hall–Kier alpha value is -1.17. The number of aliphatic hydroxyl groups excluding tert-OH is 1. The second-order valence-electron chi connectivity index (χ2n) is 4.08. The first-order valence-corrected chi connectivity index (χ1v) is 6.36. The number of hydrogen-bond donors (Lipinski definition) is 1. The van der Waals surface area contributed by atoms with Crippen LogP contribution in [0.15, 0.2) is 34.9 Å². The van der Waals surface area contributed by atoms with E-state index in [1.165, 1.54) is 0 Å². The van der Waals surface area contributed by atoms with Crippen molar-refractivity contribution in [3.8, 4) is 0 Å². The third-order valence-electron chi connectivity index (χ3n) is 2.80. The summed E-state index contributed by atoms with van der Waals surface area (Å²) in [4.78, 5) is 0. The molecule has 1 aromatic carbocycles. The minimum absolute atomic E-state index is 0.575. The molecule has 0 amide bonds. The summed E-state index contributed by atoms with van der Waals surface area (Å²) < 4.78 is 7.52. The highest BCUT2D eigenvalue weighted by atomic mass is 79.9. The molecular weight excluding hydrogens is 296 g/mol. The number of aromatic nitrogens is 2. The summed E-state index contributed by atoms with van der Waals surface area (Å²) in [6, 6.07) is 7.70. The monoisotopic (exact) mass is 310 g/mol. The van der Waals surface area contributed by atoms with E-state index in [0.29, 0.717) is 6.61 Å². The largest absolute Gasteiger partial charge is 0.382 e. The van der Waals surface area contributed by atoms with E-state index < -0.39 is 6.10 Å². The van der Waals surface area contributed by atoms with Crippen LogP contribution >= 0.6 is 15.9 Å². The zero-order valence-corrected chi connectivity index (χ0v) is 11.9. The Morgan fingerprint density at radius 1 is 1.39 bits per heavy atom. The summed E-state index contributed by atoms with van der Waals surface area (Å²) in [5, 5.41) is 14.4. The SMILES string of the molecule is COCc1ccc(C(O)c2c(Br)cnn2C)cc1. The maximum atomic E-state index is 10.3. The molecule has 0 aliphatic carbocycles. The highest BCUT2D eigenvalue weighted by molar-refractivity contribution is 9.10. The molecule has 0 aliphatic heterocycles. The molecule has 1 N–H and O–H groups in total. The molecular formula is C13H15BrN2O2. The zero-order valence-electron chi connectivity index (χ0n) is 10.3. The standard InChI is InChI=1S/C13H15BrN2O2/c1-16-12(11(14)7-15-16)13(17)10-5-3-9(4-6-10)8-18-2/h3-7,13,17H,8H2,1-2H3. The Morgan fingerprint density at radius 3 is 2.56 bits per heavy atom. The predicted octanol–water partition coefficient (Wildman–Crippen LogP) is 2.41. The van der Waals surface area contributed by atoms with Gasteiger partial charge >= 0.3 is 0 Å². The molecule has 1 atom stereocenters. The Labute approximate surface area is 114 Å². The maximum absolute atomic E-state index is 10.3. The van der Waals surface area contributed by atoms with Crippen LogP contribution in [0.3, 0.4) is 0 Å². The van der Waals surface area contributed by atoms with Gasteiger partial charge in [0.05, 0.1) is 23.0 Å². The van der Waals surface area contributed by atoms with Gasteiger partial charge in [0.2, 0.25) is 0 Å². The van der Waals surface area contributed by atoms with Crippen molar-refractivity contribution in [2.45, 2.75) is 12.7 Å². The van der Waals surface area contributed by atoms with Crippen molar-refractivity contribution < 1.29 is 9.84 Å². The maximum Gasteiger partial charge on any atom is 0.122 e. The van der Waals surface area contributed by atoms with E-state index >= 15 is 0 Å². The number of benzene rings is 1. The van der Waals surface area contributed by atoms with Gasteiger partial charge in [0.1, 0.15) is 6.10 Å². The van der Waals surface area contributed by atoms with Crippen LogP contribution in [-0.2, 0) is 18.4 Å². The van der Waals surface area contributed by atoms with Crippen molar-refractivity contribution in [2.75, 3.05) is 7.11 Å². The van der Waals surface area contributed by atoms with E-state index in [2.05, 4.69) is 21.0 Å². The first-order chi connectivity index (χ1) is 8.63. The van der Waals surface area contributed by atoms with Gasteiger partial charge in [0.15, 0.2) is 0 Å². The first kappa shape index (κ1) is 13.3. The van der Waals surface area contributed by atoms with E-state index in [1.807, 2.05) is 31.3 Å². The first-order valence-electron chi connectivity index (χ1n) is 5.56. The molecule has 1 aromatic heterocycles. The molecule has 0 aliphatic rings. The van der Waals surface area contributed by atoms with Gasteiger partial charge in [-0.3, -0.25) is 4.68 Å². The highest BCUT2D eigenvalue weighted by Gasteiger charge is 2.17. The summed E-state index contributed by atoms with van der Waals surface area (Å²) in [5.74, 6) is 0. The molecule has 0 saturated carbocycles. The van der Waals surface area contributed by atoms with E-state index in [-0.39, 0.29) is 0 Å². The van der Waals surface area contributed by atoms with Crippen LogP contribution < -0.4 is 0 Å². The van der Waals surface area contributed by atoms with Crippen LogP contribution in [0.4, 0.5) is 0 Å². The fourth-order valence-electron chi connectivity index (χ4n) is 1.85. The van der Waals surface area contributed by atoms with Crippen LogP contribution in [0.2, 0.25) is 0 Å². The number of hydrogen-bond acceptors (Lipinski definition) is 3. The average molecular weight is 311 g/mol. The van der Waals surface area contributed by atoms with Crippen LogP contribution in [0.5, 0.6) is 0 Å². The number of nitrogens with zero attached hydrogens (tertiary/aromatic N) is 2. The molecule has 2 aromatic rings. The molecule has 96 valence electrons. The van der Waals surface area contributed by atoms with Gasteiger partial charge in [0.25, 0.3) is 0 Å². The lowest BCUT2D eigenvalue weighted by Gasteiger charge is -2.13. The smallest absolute Gasteiger partial charge is 0.122 e. The van der Waals surface area contributed by atoms with E-state index in [4.69, 9.17) is 4.74 Å². The summed E-state index contributed by atoms with van der Waals surface area (Å²) in [6.45, 7) is 0.575. The van der Waals surface area contributed by atoms with E-state index in [1.54, 1.807) is 18.0 Å². The molecule has 2 rings (SSSR count). The topological polar surface area (TPSA) is 47.3 Å². The molecule has 0 bridgehead atoms. The third kappa shape index (κ3) is 2.63. The average Bonchev–Trinajstić information content (AvgIpc) is 2.70. The zero-order chi connectivity index (χ0) is 13.1. The second-order valence-corrected chi connectivity index (χ2v) is 4.93. The molecule has 5 heteroatoms. The van der Waals surface area contributed by atoms with Gasteiger partial charge in [0, 0.05) is 14.2 Å².